The first-order valence-corrected chi connectivity index (χ1v) is 13.0. The Morgan fingerprint density at radius 2 is 1.02 bits per heavy atom. The van der Waals surface area contributed by atoms with E-state index in [1.165, 1.54) is 12.1 Å². The number of halogens is 12. The summed E-state index contributed by atoms with van der Waals surface area (Å²) in [5.74, 6) is -0.265. The van der Waals surface area contributed by atoms with Crippen molar-refractivity contribution >= 4 is 11.0 Å². The van der Waals surface area contributed by atoms with E-state index in [4.69, 9.17) is 4.42 Å². The predicted octanol–water partition coefficient (Wildman–Crippen LogP) is 8.60. The van der Waals surface area contributed by atoms with Gasteiger partial charge < -0.3 is 4.42 Å². The Balaban J connectivity index is 1.73. The summed E-state index contributed by atoms with van der Waals surface area (Å²) >= 11 is 0. The maximum absolute atomic E-state index is 13.6. The molecule has 5 nitrogen and oxygen atoms in total. The van der Waals surface area contributed by atoms with Crippen LogP contribution >= 0.6 is 0 Å². The molecule has 0 amide bonds. The number of hydrogen-bond donors (Lipinski definition) is 0. The Kier molecular flexibility index (Phi) is 8.09. The maximum Gasteiger partial charge on any atom is 0.416 e. The van der Waals surface area contributed by atoms with E-state index in [2.05, 4.69) is 0 Å². The van der Waals surface area contributed by atoms with Gasteiger partial charge in [0.25, 0.3) is 5.56 Å². The molecule has 0 aliphatic rings. The molecule has 47 heavy (non-hydrogen) atoms. The minimum Gasteiger partial charge on any atom is -0.456 e. The standard InChI is InChI=1S/C30H16F12N2O3/c31-27(32,33)18-5-15(6-19(10-18)28(34,35)36)12-43-14-22(24-9-17-3-1-2-4-23(17)47-24)25(45)44(26(43)46)13-16-7-20(29(37,38)39)11-21(8-16)30(40,41)42/h1-11,14H,12-13H2. The number of fused-ring (bicyclic) bond motifs is 1. The van der Waals surface area contributed by atoms with Crippen LogP contribution in [0.3, 0.4) is 0 Å². The van der Waals surface area contributed by atoms with Gasteiger partial charge in [0.15, 0.2) is 0 Å². The highest BCUT2D eigenvalue weighted by molar-refractivity contribution is 5.82. The second-order valence-corrected chi connectivity index (χ2v) is 10.3. The average molecular weight is 680 g/mol. The molecule has 3 aromatic carbocycles. The van der Waals surface area contributed by atoms with Crippen LogP contribution in [-0.4, -0.2) is 9.13 Å². The highest BCUT2D eigenvalue weighted by Gasteiger charge is 2.38. The van der Waals surface area contributed by atoms with Crippen LogP contribution in [0.2, 0.25) is 0 Å². The Morgan fingerprint density at radius 3 is 1.47 bits per heavy atom. The molecular formula is C30H16F12N2O3. The third-order valence-electron chi connectivity index (χ3n) is 6.92. The molecule has 2 heterocycles. The van der Waals surface area contributed by atoms with Gasteiger partial charge in [0.05, 0.1) is 40.9 Å². The summed E-state index contributed by atoms with van der Waals surface area (Å²) in [7, 11) is 0. The lowest BCUT2D eigenvalue weighted by atomic mass is 10.0. The first-order chi connectivity index (χ1) is 21.6. The number of hydrogen-bond acceptors (Lipinski definition) is 3. The summed E-state index contributed by atoms with van der Waals surface area (Å²) in [6.45, 7) is -2.23. The zero-order chi connectivity index (χ0) is 34.7. The zero-order valence-electron chi connectivity index (χ0n) is 23.0. The summed E-state index contributed by atoms with van der Waals surface area (Å²) in [6.07, 6.45) is -20.3. The van der Waals surface area contributed by atoms with Crippen LogP contribution < -0.4 is 11.2 Å². The molecule has 0 radical (unpaired) electrons. The summed E-state index contributed by atoms with van der Waals surface area (Å²) in [4.78, 5) is 27.0. The van der Waals surface area contributed by atoms with Crippen LogP contribution in [0.1, 0.15) is 33.4 Å². The van der Waals surface area contributed by atoms with Gasteiger partial charge in [-0.1, -0.05) is 18.2 Å². The van der Waals surface area contributed by atoms with Gasteiger partial charge in [0.2, 0.25) is 0 Å². The molecule has 0 bridgehead atoms. The van der Waals surface area contributed by atoms with Gasteiger partial charge in [-0.25, -0.2) is 4.79 Å². The second kappa shape index (κ2) is 11.4. The quantitative estimate of drug-likeness (QED) is 0.175. The molecule has 0 N–H and O–H groups in total. The monoisotopic (exact) mass is 680 g/mol. The van der Waals surface area contributed by atoms with Crippen LogP contribution in [-0.2, 0) is 37.8 Å². The highest BCUT2D eigenvalue weighted by atomic mass is 19.4. The SMILES string of the molecule is O=c1c(-c2cc3ccccc3o2)cn(Cc2cc(C(F)(F)F)cc(C(F)(F)F)c2)c(=O)n1Cc1cc(C(F)(F)F)cc(C(F)(F)F)c1. The number of furan rings is 1. The van der Waals surface area contributed by atoms with Gasteiger partial charge in [0.1, 0.15) is 11.3 Å². The summed E-state index contributed by atoms with van der Waals surface area (Å²) in [6, 6.07) is 8.27. The van der Waals surface area contributed by atoms with E-state index in [0.29, 0.717) is 22.1 Å². The zero-order valence-corrected chi connectivity index (χ0v) is 23.0. The largest absolute Gasteiger partial charge is 0.456 e. The number of alkyl halides is 12. The van der Waals surface area contributed by atoms with Gasteiger partial charge in [-0.05, 0) is 59.7 Å². The van der Waals surface area contributed by atoms with Crippen molar-refractivity contribution in [2.75, 3.05) is 0 Å². The second-order valence-electron chi connectivity index (χ2n) is 10.3. The molecule has 0 unspecified atom stereocenters. The smallest absolute Gasteiger partial charge is 0.416 e. The van der Waals surface area contributed by atoms with Crippen molar-refractivity contribution in [2.45, 2.75) is 37.8 Å². The van der Waals surface area contributed by atoms with Crippen molar-refractivity contribution < 1.29 is 57.1 Å². The molecule has 0 atom stereocenters. The van der Waals surface area contributed by atoms with Crippen molar-refractivity contribution in [3.05, 3.63) is 127 Å². The van der Waals surface area contributed by atoms with Crippen molar-refractivity contribution in [3.63, 3.8) is 0 Å². The fraction of sp³-hybridized carbons (Fsp3) is 0.200. The molecular weight excluding hydrogens is 664 g/mol. The van der Waals surface area contributed by atoms with Crippen LogP contribution in [0.25, 0.3) is 22.3 Å². The van der Waals surface area contributed by atoms with Gasteiger partial charge in [0, 0.05) is 11.6 Å². The van der Waals surface area contributed by atoms with E-state index in [1.54, 1.807) is 18.2 Å². The van der Waals surface area contributed by atoms with E-state index < -0.39 is 88.0 Å². The van der Waals surface area contributed by atoms with E-state index in [0.717, 1.165) is 6.20 Å². The number of aromatic nitrogens is 2. The number of nitrogens with zero attached hydrogens (tertiary/aromatic N) is 2. The van der Waals surface area contributed by atoms with Crippen LogP contribution in [0, 0.1) is 0 Å². The van der Waals surface area contributed by atoms with Crippen molar-refractivity contribution in [1.82, 2.24) is 9.13 Å². The molecule has 5 aromatic rings. The van der Waals surface area contributed by atoms with E-state index in [9.17, 15) is 62.3 Å². The lowest BCUT2D eigenvalue weighted by molar-refractivity contribution is -0.144. The lowest BCUT2D eigenvalue weighted by Gasteiger charge is -2.17. The van der Waals surface area contributed by atoms with Gasteiger partial charge in [-0.2, -0.15) is 52.7 Å². The van der Waals surface area contributed by atoms with Crippen LogP contribution in [0.4, 0.5) is 52.7 Å². The fourth-order valence-corrected chi connectivity index (χ4v) is 4.79. The summed E-state index contributed by atoms with van der Waals surface area (Å²) < 4.78 is 168. The van der Waals surface area contributed by atoms with Crippen molar-refractivity contribution in [2.24, 2.45) is 0 Å². The van der Waals surface area contributed by atoms with Crippen LogP contribution in [0.15, 0.2) is 86.9 Å². The average Bonchev–Trinajstić information content (AvgIpc) is 3.39. The molecule has 0 saturated carbocycles. The summed E-state index contributed by atoms with van der Waals surface area (Å²) in [5, 5.41) is 0.409. The van der Waals surface area contributed by atoms with Gasteiger partial charge >= 0.3 is 30.4 Å². The molecule has 0 spiro atoms. The Morgan fingerprint density at radius 1 is 0.574 bits per heavy atom. The predicted molar refractivity (Wildman–Crippen MR) is 141 cm³/mol. The first kappa shape index (κ1) is 33.4. The molecule has 2 aromatic heterocycles. The topological polar surface area (TPSA) is 57.1 Å². The third-order valence-corrected chi connectivity index (χ3v) is 6.92. The molecule has 0 saturated heterocycles. The minimum absolute atomic E-state index is 0.154. The maximum atomic E-state index is 13.6. The Labute approximate surface area is 253 Å². The van der Waals surface area contributed by atoms with Gasteiger partial charge in [-0.15, -0.1) is 0 Å². The van der Waals surface area contributed by atoms with Crippen molar-refractivity contribution in [3.8, 4) is 11.3 Å². The first-order valence-electron chi connectivity index (χ1n) is 13.0. The number of para-hydroxylation sites is 1. The van der Waals surface area contributed by atoms with E-state index in [-0.39, 0.29) is 40.2 Å². The van der Waals surface area contributed by atoms with Crippen LogP contribution in [0.5, 0.6) is 0 Å². The molecule has 0 aliphatic carbocycles. The molecule has 248 valence electrons. The number of benzene rings is 3. The summed E-state index contributed by atoms with van der Waals surface area (Å²) in [5.41, 5.74) is -11.5. The Bertz CT molecular complexity index is 2000. The fourth-order valence-electron chi connectivity index (χ4n) is 4.79. The Hall–Kier alpha value is -4.96. The van der Waals surface area contributed by atoms with E-state index in [1.807, 2.05) is 0 Å². The highest BCUT2D eigenvalue weighted by Crippen LogP contribution is 2.38. The molecule has 17 heteroatoms. The minimum atomic E-state index is -5.28. The number of rotatable bonds is 5. The van der Waals surface area contributed by atoms with Crippen molar-refractivity contribution in [1.29, 1.82) is 0 Å². The lowest BCUT2D eigenvalue weighted by Crippen LogP contribution is -2.41. The molecule has 0 aliphatic heterocycles. The van der Waals surface area contributed by atoms with Gasteiger partial charge in [-0.3, -0.25) is 13.9 Å². The third kappa shape index (κ3) is 7.07. The van der Waals surface area contributed by atoms with E-state index >= 15 is 0 Å². The molecule has 0 fully saturated rings. The molecule has 5 rings (SSSR count). The normalized spacial score (nSPS) is 13.0.